The van der Waals surface area contributed by atoms with Crippen LogP contribution >= 0.6 is 0 Å². The fourth-order valence-corrected chi connectivity index (χ4v) is 2.98. The summed E-state index contributed by atoms with van der Waals surface area (Å²) in [6, 6.07) is 19.3. The van der Waals surface area contributed by atoms with Crippen LogP contribution in [0.4, 0.5) is 0 Å². The third-order valence-corrected chi connectivity index (χ3v) is 4.15. The second kappa shape index (κ2) is 7.97. The molecular weight excluding hydrogens is 328 g/mol. The van der Waals surface area contributed by atoms with Crippen molar-refractivity contribution in [3.8, 4) is 22.5 Å². The Morgan fingerprint density at radius 2 is 1.62 bits per heavy atom. The summed E-state index contributed by atoms with van der Waals surface area (Å²) >= 11 is 0. The predicted molar refractivity (Wildman–Crippen MR) is 101 cm³/mol. The highest BCUT2D eigenvalue weighted by Gasteiger charge is 2.28. The predicted octanol–water partition coefficient (Wildman–Crippen LogP) is 4.56. The van der Waals surface area contributed by atoms with E-state index in [1.807, 2.05) is 74.5 Å². The molecule has 0 spiro atoms. The van der Waals surface area contributed by atoms with E-state index in [9.17, 15) is 4.79 Å². The van der Waals surface area contributed by atoms with E-state index < -0.39 is 5.97 Å². The number of carbonyl (C=O) groups is 1. The van der Waals surface area contributed by atoms with Gasteiger partial charge >= 0.3 is 5.97 Å². The van der Waals surface area contributed by atoms with E-state index >= 15 is 0 Å². The van der Waals surface area contributed by atoms with Gasteiger partial charge in [0.05, 0.1) is 12.8 Å². The van der Waals surface area contributed by atoms with Gasteiger partial charge in [0.25, 0.3) is 0 Å². The maximum Gasteiger partial charge on any atom is 0.342 e. The number of esters is 1. The zero-order valence-corrected chi connectivity index (χ0v) is 15.2. The Morgan fingerprint density at radius 1 is 1.04 bits per heavy atom. The number of rotatable bonds is 6. The highest BCUT2D eigenvalue weighted by molar-refractivity contribution is 6.02. The first-order valence-corrected chi connectivity index (χ1v) is 8.60. The largest absolute Gasteiger partial charge is 0.465 e. The summed E-state index contributed by atoms with van der Waals surface area (Å²) in [5, 5.41) is 4.74. The molecule has 5 heteroatoms. The van der Waals surface area contributed by atoms with E-state index in [4.69, 9.17) is 14.6 Å². The van der Waals surface area contributed by atoms with Gasteiger partial charge in [0.2, 0.25) is 0 Å². The van der Waals surface area contributed by atoms with Gasteiger partial charge in [-0.05, 0) is 13.8 Å². The van der Waals surface area contributed by atoms with Crippen LogP contribution in [0.1, 0.15) is 30.4 Å². The van der Waals surface area contributed by atoms with Crippen molar-refractivity contribution in [1.82, 2.24) is 9.78 Å². The van der Waals surface area contributed by atoms with E-state index in [-0.39, 0.29) is 6.23 Å². The molecule has 0 aliphatic carbocycles. The maximum absolute atomic E-state index is 12.7. The minimum Gasteiger partial charge on any atom is -0.465 e. The monoisotopic (exact) mass is 350 g/mol. The Hall–Kier alpha value is -2.92. The van der Waals surface area contributed by atoms with Crippen LogP contribution in [0.2, 0.25) is 0 Å². The zero-order chi connectivity index (χ0) is 18.5. The van der Waals surface area contributed by atoms with Gasteiger partial charge in [-0.25, -0.2) is 9.48 Å². The van der Waals surface area contributed by atoms with Crippen LogP contribution in [0, 0.1) is 0 Å². The van der Waals surface area contributed by atoms with E-state index in [2.05, 4.69) is 0 Å². The molecule has 0 aliphatic rings. The van der Waals surface area contributed by atoms with Gasteiger partial charge in [0.15, 0.2) is 0 Å². The molecule has 0 radical (unpaired) electrons. The van der Waals surface area contributed by atoms with Gasteiger partial charge < -0.3 is 9.47 Å². The van der Waals surface area contributed by atoms with Gasteiger partial charge in [-0.3, -0.25) is 0 Å². The number of carbonyl (C=O) groups excluding carboxylic acids is 1. The van der Waals surface area contributed by atoms with Crippen LogP contribution in [0.25, 0.3) is 22.5 Å². The van der Waals surface area contributed by atoms with E-state index in [0.717, 1.165) is 11.1 Å². The topological polar surface area (TPSA) is 53.4 Å². The highest BCUT2D eigenvalue weighted by atomic mass is 16.5. The van der Waals surface area contributed by atoms with Crippen molar-refractivity contribution in [2.45, 2.75) is 20.1 Å². The molecule has 0 N–H and O–H groups in total. The van der Waals surface area contributed by atoms with Crippen molar-refractivity contribution in [2.75, 3.05) is 13.7 Å². The first kappa shape index (κ1) is 17.9. The third-order valence-electron chi connectivity index (χ3n) is 4.15. The standard InChI is InChI=1S/C21H22N2O3/c1-4-26-15(2)23-20(17-13-9-6-10-14-17)18(21(24)25-3)19(22-23)16-11-7-5-8-12-16/h5-15H,4H2,1-3H3. The Balaban J connectivity index is 2.31. The minimum absolute atomic E-state index is 0.323. The molecule has 1 aromatic heterocycles. The van der Waals surface area contributed by atoms with E-state index in [1.165, 1.54) is 7.11 Å². The number of hydrogen-bond donors (Lipinski definition) is 0. The SMILES string of the molecule is CCOC(C)n1nc(-c2ccccc2)c(C(=O)OC)c1-c1ccccc1. The number of methoxy groups -OCH3 is 1. The number of hydrogen-bond acceptors (Lipinski definition) is 4. The van der Waals surface area contributed by atoms with Gasteiger partial charge in [0.1, 0.15) is 17.5 Å². The van der Waals surface area contributed by atoms with Gasteiger partial charge in [-0.15, -0.1) is 0 Å². The molecule has 26 heavy (non-hydrogen) atoms. The molecule has 0 bridgehead atoms. The average molecular weight is 350 g/mol. The zero-order valence-electron chi connectivity index (χ0n) is 15.2. The fraction of sp³-hybridized carbons (Fsp3) is 0.238. The molecule has 1 heterocycles. The van der Waals surface area contributed by atoms with Crippen molar-refractivity contribution < 1.29 is 14.3 Å². The summed E-state index contributed by atoms with van der Waals surface area (Å²) in [5.74, 6) is -0.419. The lowest BCUT2D eigenvalue weighted by Gasteiger charge is -2.16. The lowest BCUT2D eigenvalue weighted by molar-refractivity contribution is 0.0173. The summed E-state index contributed by atoms with van der Waals surface area (Å²) < 4.78 is 12.6. The molecule has 134 valence electrons. The van der Waals surface area contributed by atoms with Crippen molar-refractivity contribution in [3.05, 3.63) is 66.2 Å². The fourth-order valence-electron chi connectivity index (χ4n) is 2.98. The van der Waals surface area contributed by atoms with Gasteiger partial charge in [-0.1, -0.05) is 60.7 Å². The second-order valence-corrected chi connectivity index (χ2v) is 5.80. The number of benzene rings is 2. The molecule has 0 amide bonds. The average Bonchev–Trinajstić information content (AvgIpc) is 3.09. The Morgan fingerprint density at radius 3 is 2.15 bits per heavy atom. The quantitative estimate of drug-likeness (QED) is 0.612. The van der Waals surface area contributed by atoms with Crippen LogP contribution in [-0.4, -0.2) is 29.5 Å². The summed E-state index contributed by atoms with van der Waals surface area (Å²) in [6.45, 7) is 4.39. The van der Waals surface area contributed by atoms with Crippen LogP contribution in [0.5, 0.6) is 0 Å². The highest BCUT2D eigenvalue weighted by Crippen LogP contribution is 2.35. The second-order valence-electron chi connectivity index (χ2n) is 5.80. The van der Waals surface area contributed by atoms with Crippen molar-refractivity contribution >= 4 is 5.97 Å². The molecular formula is C21H22N2O3. The van der Waals surface area contributed by atoms with Crippen LogP contribution in [0.3, 0.4) is 0 Å². The molecule has 2 aromatic carbocycles. The molecule has 3 aromatic rings. The lowest BCUT2D eigenvalue weighted by Crippen LogP contribution is -2.13. The summed E-state index contributed by atoms with van der Waals surface area (Å²) in [6.07, 6.45) is -0.323. The minimum atomic E-state index is -0.419. The maximum atomic E-state index is 12.7. The number of ether oxygens (including phenoxy) is 2. The molecule has 1 unspecified atom stereocenters. The smallest absolute Gasteiger partial charge is 0.342 e. The summed E-state index contributed by atoms with van der Waals surface area (Å²) in [4.78, 5) is 12.7. The van der Waals surface area contributed by atoms with Crippen molar-refractivity contribution in [1.29, 1.82) is 0 Å². The van der Waals surface area contributed by atoms with Gasteiger partial charge in [-0.2, -0.15) is 5.10 Å². The van der Waals surface area contributed by atoms with E-state index in [0.29, 0.717) is 23.6 Å². The lowest BCUT2D eigenvalue weighted by atomic mass is 10.0. The molecule has 1 atom stereocenters. The molecule has 3 rings (SSSR count). The number of aromatic nitrogens is 2. The van der Waals surface area contributed by atoms with E-state index in [1.54, 1.807) is 4.68 Å². The van der Waals surface area contributed by atoms with Crippen LogP contribution in [-0.2, 0) is 9.47 Å². The van der Waals surface area contributed by atoms with Crippen LogP contribution in [0.15, 0.2) is 60.7 Å². The van der Waals surface area contributed by atoms with Crippen molar-refractivity contribution in [2.24, 2.45) is 0 Å². The first-order chi connectivity index (χ1) is 12.7. The molecule has 0 saturated heterocycles. The summed E-state index contributed by atoms with van der Waals surface area (Å²) in [7, 11) is 1.38. The third kappa shape index (κ3) is 3.39. The van der Waals surface area contributed by atoms with Crippen molar-refractivity contribution in [3.63, 3.8) is 0 Å². The molecule has 5 nitrogen and oxygen atoms in total. The Labute approximate surface area is 153 Å². The molecule has 0 fully saturated rings. The van der Waals surface area contributed by atoms with Crippen LogP contribution < -0.4 is 0 Å². The Bertz CT molecular complexity index is 873. The van der Waals surface area contributed by atoms with Gasteiger partial charge in [0, 0.05) is 17.7 Å². The first-order valence-electron chi connectivity index (χ1n) is 8.60. The Kier molecular flexibility index (Phi) is 5.49. The molecule has 0 aliphatic heterocycles. The normalized spacial score (nSPS) is 12.0. The molecule has 0 saturated carbocycles. The number of nitrogens with zero attached hydrogens (tertiary/aromatic N) is 2. The summed E-state index contributed by atoms with van der Waals surface area (Å²) in [5.41, 5.74) is 3.46.